The van der Waals surface area contributed by atoms with Crippen LogP contribution < -0.4 is 0 Å². The van der Waals surface area contributed by atoms with Crippen molar-refractivity contribution in [1.82, 2.24) is 0 Å². The van der Waals surface area contributed by atoms with Crippen molar-refractivity contribution in [2.24, 2.45) is 17.8 Å². The molecular formula is C12H18O2S. The average Bonchev–Trinajstić information content (AvgIpc) is 2.52. The standard InChI is InChI=1S/C12H18O2S/c13-15(14)7-10-6-5-9-3-1-2-4-11(9)12(10)8-15/h5,10-12H,1-4,6-8H2/t10-,11-,12+/m1/s1. The highest BCUT2D eigenvalue weighted by atomic mass is 32.2. The molecule has 84 valence electrons. The van der Waals surface area contributed by atoms with Gasteiger partial charge in [-0.05, 0) is 43.4 Å². The number of sulfone groups is 1. The number of allylic oxidation sites excluding steroid dienone is 2. The van der Waals surface area contributed by atoms with Gasteiger partial charge in [0.2, 0.25) is 0 Å². The number of rotatable bonds is 0. The molecule has 3 heteroatoms. The summed E-state index contributed by atoms with van der Waals surface area (Å²) in [7, 11) is -2.71. The molecule has 1 aliphatic heterocycles. The first-order valence-electron chi connectivity index (χ1n) is 6.05. The summed E-state index contributed by atoms with van der Waals surface area (Å²) in [6, 6.07) is 0. The first-order chi connectivity index (χ1) is 7.16. The van der Waals surface area contributed by atoms with E-state index in [1.165, 1.54) is 25.7 Å². The Morgan fingerprint density at radius 2 is 2.07 bits per heavy atom. The van der Waals surface area contributed by atoms with E-state index in [2.05, 4.69) is 6.08 Å². The van der Waals surface area contributed by atoms with Crippen molar-refractivity contribution in [2.45, 2.75) is 32.1 Å². The molecule has 2 fully saturated rings. The van der Waals surface area contributed by atoms with E-state index in [9.17, 15) is 8.42 Å². The summed E-state index contributed by atoms with van der Waals surface area (Å²) in [5.74, 6) is 2.46. The summed E-state index contributed by atoms with van der Waals surface area (Å²) < 4.78 is 23.3. The van der Waals surface area contributed by atoms with Crippen molar-refractivity contribution in [3.8, 4) is 0 Å². The van der Waals surface area contributed by atoms with Crippen LogP contribution >= 0.6 is 0 Å². The molecule has 0 aromatic rings. The lowest BCUT2D eigenvalue weighted by Gasteiger charge is -2.36. The molecule has 2 aliphatic carbocycles. The van der Waals surface area contributed by atoms with Crippen molar-refractivity contribution < 1.29 is 8.42 Å². The molecule has 3 atom stereocenters. The van der Waals surface area contributed by atoms with E-state index in [0.717, 1.165) is 6.42 Å². The van der Waals surface area contributed by atoms with E-state index < -0.39 is 9.84 Å². The van der Waals surface area contributed by atoms with Crippen LogP contribution in [0.5, 0.6) is 0 Å². The highest BCUT2D eigenvalue weighted by Gasteiger charge is 2.44. The zero-order valence-corrected chi connectivity index (χ0v) is 9.80. The van der Waals surface area contributed by atoms with Gasteiger partial charge in [-0.1, -0.05) is 18.1 Å². The van der Waals surface area contributed by atoms with Crippen LogP contribution in [-0.2, 0) is 9.84 Å². The Morgan fingerprint density at radius 3 is 2.93 bits per heavy atom. The predicted octanol–water partition coefficient (Wildman–Crippen LogP) is 2.17. The second-order valence-electron chi connectivity index (χ2n) is 5.37. The highest BCUT2D eigenvalue weighted by Crippen LogP contribution is 2.46. The second kappa shape index (κ2) is 3.34. The fraction of sp³-hybridized carbons (Fsp3) is 0.833. The van der Waals surface area contributed by atoms with Crippen LogP contribution in [-0.4, -0.2) is 19.9 Å². The van der Waals surface area contributed by atoms with Gasteiger partial charge in [-0.25, -0.2) is 8.42 Å². The predicted molar refractivity (Wildman–Crippen MR) is 60.3 cm³/mol. The van der Waals surface area contributed by atoms with Gasteiger partial charge < -0.3 is 0 Å². The van der Waals surface area contributed by atoms with E-state index in [0.29, 0.717) is 29.3 Å². The Hall–Kier alpha value is -0.310. The normalized spacial score (nSPS) is 42.9. The summed E-state index contributed by atoms with van der Waals surface area (Å²) in [6.07, 6.45) is 8.45. The molecule has 1 heterocycles. The van der Waals surface area contributed by atoms with E-state index in [1.54, 1.807) is 5.57 Å². The molecule has 15 heavy (non-hydrogen) atoms. The Balaban J connectivity index is 1.90. The molecule has 0 amide bonds. The minimum atomic E-state index is -2.71. The van der Waals surface area contributed by atoms with Crippen LogP contribution in [0.4, 0.5) is 0 Å². The van der Waals surface area contributed by atoms with Gasteiger partial charge in [0.25, 0.3) is 0 Å². The van der Waals surface area contributed by atoms with Gasteiger partial charge in [-0.2, -0.15) is 0 Å². The van der Waals surface area contributed by atoms with E-state index >= 15 is 0 Å². The Kier molecular flexibility index (Phi) is 2.20. The molecule has 0 radical (unpaired) electrons. The zero-order valence-electron chi connectivity index (χ0n) is 8.98. The van der Waals surface area contributed by atoms with Gasteiger partial charge >= 0.3 is 0 Å². The van der Waals surface area contributed by atoms with Crippen LogP contribution in [0, 0.1) is 17.8 Å². The van der Waals surface area contributed by atoms with Crippen LogP contribution in [0.15, 0.2) is 11.6 Å². The molecule has 0 spiro atoms. The summed E-state index contributed by atoms with van der Waals surface area (Å²) in [6.45, 7) is 0. The molecule has 2 nitrogen and oxygen atoms in total. The average molecular weight is 226 g/mol. The number of fused-ring (bicyclic) bond motifs is 3. The maximum absolute atomic E-state index is 11.6. The van der Waals surface area contributed by atoms with E-state index in [1.807, 2.05) is 0 Å². The van der Waals surface area contributed by atoms with Gasteiger partial charge in [0.05, 0.1) is 11.5 Å². The molecule has 0 N–H and O–H groups in total. The summed E-state index contributed by atoms with van der Waals surface area (Å²) in [5.41, 5.74) is 1.58. The molecule has 1 saturated heterocycles. The van der Waals surface area contributed by atoms with Gasteiger partial charge in [-0.15, -0.1) is 0 Å². The minimum absolute atomic E-state index is 0.446. The van der Waals surface area contributed by atoms with E-state index in [4.69, 9.17) is 0 Å². The molecule has 0 aromatic heterocycles. The lowest BCUT2D eigenvalue weighted by Crippen LogP contribution is -2.29. The lowest BCUT2D eigenvalue weighted by atomic mass is 9.68. The third kappa shape index (κ3) is 1.65. The topological polar surface area (TPSA) is 34.1 Å². The maximum Gasteiger partial charge on any atom is 0.150 e. The fourth-order valence-corrected chi connectivity index (χ4v) is 6.01. The molecule has 3 rings (SSSR count). The Bertz CT molecular complexity index is 394. The largest absolute Gasteiger partial charge is 0.229 e. The Labute approximate surface area is 91.7 Å². The number of hydrogen-bond donors (Lipinski definition) is 0. The zero-order chi connectivity index (χ0) is 10.5. The fourth-order valence-electron chi connectivity index (χ4n) is 3.74. The van der Waals surface area contributed by atoms with Gasteiger partial charge in [-0.3, -0.25) is 0 Å². The summed E-state index contributed by atoms with van der Waals surface area (Å²) >= 11 is 0. The highest BCUT2D eigenvalue weighted by molar-refractivity contribution is 7.91. The van der Waals surface area contributed by atoms with Crippen LogP contribution in [0.3, 0.4) is 0 Å². The van der Waals surface area contributed by atoms with Gasteiger partial charge in [0, 0.05) is 0 Å². The summed E-state index contributed by atoms with van der Waals surface area (Å²) in [4.78, 5) is 0. The quantitative estimate of drug-likeness (QED) is 0.593. The molecule has 3 aliphatic rings. The molecular weight excluding hydrogens is 208 g/mol. The first kappa shape index (κ1) is 9.88. The molecule has 1 saturated carbocycles. The summed E-state index contributed by atoms with van der Waals surface area (Å²) in [5, 5.41) is 0. The van der Waals surface area contributed by atoms with Gasteiger partial charge in [0.15, 0.2) is 9.84 Å². The van der Waals surface area contributed by atoms with Crippen molar-refractivity contribution in [2.75, 3.05) is 11.5 Å². The molecule has 0 unspecified atom stereocenters. The lowest BCUT2D eigenvalue weighted by molar-refractivity contribution is 0.255. The van der Waals surface area contributed by atoms with Crippen LogP contribution in [0.1, 0.15) is 32.1 Å². The molecule has 0 bridgehead atoms. The third-order valence-electron chi connectivity index (χ3n) is 4.43. The monoisotopic (exact) mass is 226 g/mol. The smallest absolute Gasteiger partial charge is 0.150 e. The van der Waals surface area contributed by atoms with Crippen molar-refractivity contribution in [3.63, 3.8) is 0 Å². The van der Waals surface area contributed by atoms with E-state index in [-0.39, 0.29) is 0 Å². The second-order valence-corrected chi connectivity index (χ2v) is 7.52. The third-order valence-corrected chi connectivity index (χ3v) is 6.26. The number of hydrogen-bond acceptors (Lipinski definition) is 2. The van der Waals surface area contributed by atoms with Crippen LogP contribution in [0.25, 0.3) is 0 Å². The first-order valence-corrected chi connectivity index (χ1v) is 7.87. The Morgan fingerprint density at radius 1 is 1.20 bits per heavy atom. The van der Waals surface area contributed by atoms with Gasteiger partial charge in [0.1, 0.15) is 0 Å². The van der Waals surface area contributed by atoms with Crippen molar-refractivity contribution in [1.29, 1.82) is 0 Å². The minimum Gasteiger partial charge on any atom is -0.229 e. The maximum atomic E-state index is 11.6. The van der Waals surface area contributed by atoms with Crippen molar-refractivity contribution >= 4 is 9.84 Å². The SMILES string of the molecule is O=S1(=O)C[C@H]2CC=C3CCCC[C@H]3[C@H]2C1. The van der Waals surface area contributed by atoms with Crippen molar-refractivity contribution in [3.05, 3.63) is 11.6 Å². The molecule has 0 aromatic carbocycles. The van der Waals surface area contributed by atoms with Crippen LogP contribution in [0.2, 0.25) is 0 Å².